The van der Waals surface area contributed by atoms with Gasteiger partial charge in [-0.25, -0.2) is 0 Å². The van der Waals surface area contributed by atoms with E-state index in [1.165, 1.54) is 19.3 Å². The first-order valence-corrected chi connectivity index (χ1v) is 6.44. The average Bonchev–Trinajstić information content (AvgIpc) is 2.22. The second-order valence-corrected chi connectivity index (χ2v) is 4.79. The molecule has 1 atom stereocenters. The number of halogens is 1. The van der Waals surface area contributed by atoms with Crippen LogP contribution in [0.4, 0.5) is 0 Å². The average molecular weight is 271 g/mol. The Morgan fingerprint density at radius 2 is 1.87 bits per heavy atom. The van der Waals surface area contributed by atoms with Gasteiger partial charge in [0.2, 0.25) is 0 Å². The summed E-state index contributed by atoms with van der Waals surface area (Å²) in [5.41, 5.74) is 0. The van der Waals surface area contributed by atoms with Crippen LogP contribution < -0.4 is 4.74 Å². The molecule has 0 aliphatic rings. The minimum Gasteiger partial charge on any atom is -0.491 e. The third-order valence-corrected chi connectivity index (χ3v) is 2.89. The fraction of sp³-hybridized carbons (Fsp3) is 0.538. The van der Waals surface area contributed by atoms with Crippen molar-refractivity contribution in [2.45, 2.75) is 45.6 Å². The Morgan fingerprint density at radius 3 is 2.47 bits per heavy atom. The normalized spacial score (nSPS) is 12.5. The van der Waals surface area contributed by atoms with Gasteiger partial charge in [-0.05, 0) is 44.0 Å². The molecule has 1 nitrogen and oxygen atoms in total. The monoisotopic (exact) mass is 270 g/mol. The van der Waals surface area contributed by atoms with Gasteiger partial charge in [-0.2, -0.15) is 0 Å². The van der Waals surface area contributed by atoms with Crippen LogP contribution in [-0.4, -0.2) is 6.10 Å². The van der Waals surface area contributed by atoms with Gasteiger partial charge < -0.3 is 4.74 Å². The van der Waals surface area contributed by atoms with Gasteiger partial charge in [-0.1, -0.05) is 35.7 Å². The van der Waals surface area contributed by atoms with Gasteiger partial charge in [0, 0.05) is 4.47 Å². The molecule has 1 aromatic rings. The van der Waals surface area contributed by atoms with Crippen LogP contribution >= 0.6 is 15.9 Å². The van der Waals surface area contributed by atoms with Gasteiger partial charge >= 0.3 is 0 Å². The lowest BCUT2D eigenvalue weighted by atomic mass is 10.1. The summed E-state index contributed by atoms with van der Waals surface area (Å²) in [6.45, 7) is 4.36. The van der Waals surface area contributed by atoms with E-state index in [9.17, 15) is 0 Å². The Kier molecular flexibility index (Phi) is 5.77. The number of benzene rings is 1. The van der Waals surface area contributed by atoms with Crippen LogP contribution in [0.15, 0.2) is 28.7 Å². The molecular formula is C13H19BrO. The predicted molar refractivity (Wildman–Crippen MR) is 68.4 cm³/mol. The molecule has 1 rings (SSSR count). The van der Waals surface area contributed by atoms with Crippen molar-refractivity contribution in [3.8, 4) is 5.75 Å². The van der Waals surface area contributed by atoms with Crippen molar-refractivity contribution < 1.29 is 4.74 Å². The SMILES string of the molecule is CCCCC[C@@H](C)Oc1ccc(Br)cc1. The van der Waals surface area contributed by atoms with Crippen LogP contribution in [0.3, 0.4) is 0 Å². The molecule has 0 unspecified atom stereocenters. The Hall–Kier alpha value is -0.500. The molecule has 0 radical (unpaired) electrons. The van der Waals surface area contributed by atoms with Gasteiger partial charge in [-0.3, -0.25) is 0 Å². The number of hydrogen-bond donors (Lipinski definition) is 0. The van der Waals surface area contributed by atoms with Crippen LogP contribution in [0, 0.1) is 0 Å². The first-order valence-electron chi connectivity index (χ1n) is 5.64. The van der Waals surface area contributed by atoms with E-state index in [0.717, 1.165) is 16.6 Å². The maximum Gasteiger partial charge on any atom is 0.119 e. The fourth-order valence-electron chi connectivity index (χ4n) is 1.49. The largest absolute Gasteiger partial charge is 0.491 e. The van der Waals surface area contributed by atoms with E-state index in [1.807, 2.05) is 24.3 Å². The van der Waals surface area contributed by atoms with Crippen LogP contribution in [-0.2, 0) is 0 Å². The highest BCUT2D eigenvalue weighted by Crippen LogP contribution is 2.18. The second kappa shape index (κ2) is 6.89. The number of hydrogen-bond acceptors (Lipinski definition) is 1. The number of ether oxygens (including phenoxy) is 1. The summed E-state index contributed by atoms with van der Waals surface area (Å²) < 4.78 is 6.89. The quantitative estimate of drug-likeness (QED) is 0.675. The minimum absolute atomic E-state index is 0.317. The molecular weight excluding hydrogens is 252 g/mol. The zero-order chi connectivity index (χ0) is 11.1. The highest BCUT2D eigenvalue weighted by molar-refractivity contribution is 9.10. The standard InChI is InChI=1S/C13H19BrO/c1-3-4-5-6-11(2)15-13-9-7-12(14)8-10-13/h7-11H,3-6H2,1-2H3/t11-/m1/s1. The van der Waals surface area contributed by atoms with Crippen molar-refractivity contribution in [3.05, 3.63) is 28.7 Å². The molecule has 0 aromatic heterocycles. The molecule has 2 heteroatoms. The summed E-state index contributed by atoms with van der Waals surface area (Å²) in [6.07, 6.45) is 5.29. The maximum atomic E-state index is 5.80. The summed E-state index contributed by atoms with van der Waals surface area (Å²) in [5.74, 6) is 0.960. The topological polar surface area (TPSA) is 9.23 Å². The predicted octanol–water partition coefficient (Wildman–Crippen LogP) is 4.80. The van der Waals surface area contributed by atoms with Crippen LogP contribution in [0.1, 0.15) is 39.5 Å². The molecule has 0 aliphatic heterocycles. The van der Waals surface area contributed by atoms with Crippen LogP contribution in [0.2, 0.25) is 0 Å². The Labute approximate surface area is 101 Å². The Bertz CT molecular complexity index is 268. The summed E-state index contributed by atoms with van der Waals surface area (Å²) in [4.78, 5) is 0. The number of rotatable bonds is 6. The Morgan fingerprint density at radius 1 is 1.20 bits per heavy atom. The Balaban J connectivity index is 2.31. The molecule has 0 heterocycles. The molecule has 0 saturated heterocycles. The zero-order valence-electron chi connectivity index (χ0n) is 9.50. The summed E-state index contributed by atoms with van der Waals surface area (Å²) >= 11 is 3.41. The van der Waals surface area contributed by atoms with E-state index >= 15 is 0 Å². The lowest BCUT2D eigenvalue weighted by Crippen LogP contribution is -2.11. The summed E-state index contributed by atoms with van der Waals surface area (Å²) in [5, 5.41) is 0. The first kappa shape index (κ1) is 12.6. The van der Waals surface area contributed by atoms with E-state index in [4.69, 9.17) is 4.74 Å². The van der Waals surface area contributed by atoms with Crippen molar-refractivity contribution in [2.24, 2.45) is 0 Å². The molecule has 0 bridgehead atoms. The maximum absolute atomic E-state index is 5.80. The molecule has 0 amide bonds. The van der Waals surface area contributed by atoms with Gasteiger partial charge in [0.25, 0.3) is 0 Å². The van der Waals surface area contributed by atoms with E-state index in [-0.39, 0.29) is 0 Å². The van der Waals surface area contributed by atoms with Crippen molar-refractivity contribution in [1.29, 1.82) is 0 Å². The van der Waals surface area contributed by atoms with E-state index in [1.54, 1.807) is 0 Å². The highest BCUT2D eigenvalue weighted by Gasteiger charge is 2.03. The van der Waals surface area contributed by atoms with Crippen molar-refractivity contribution in [1.82, 2.24) is 0 Å². The van der Waals surface area contributed by atoms with Gasteiger partial charge in [0.15, 0.2) is 0 Å². The van der Waals surface area contributed by atoms with E-state index in [0.29, 0.717) is 6.10 Å². The molecule has 0 N–H and O–H groups in total. The smallest absolute Gasteiger partial charge is 0.119 e. The molecule has 0 spiro atoms. The van der Waals surface area contributed by atoms with E-state index in [2.05, 4.69) is 29.8 Å². The molecule has 15 heavy (non-hydrogen) atoms. The third kappa shape index (κ3) is 5.22. The molecule has 0 saturated carbocycles. The first-order chi connectivity index (χ1) is 7.22. The van der Waals surface area contributed by atoms with Gasteiger partial charge in [-0.15, -0.1) is 0 Å². The van der Waals surface area contributed by atoms with Crippen molar-refractivity contribution >= 4 is 15.9 Å². The van der Waals surface area contributed by atoms with Gasteiger partial charge in [0.05, 0.1) is 6.10 Å². The zero-order valence-corrected chi connectivity index (χ0v) is 11.1. The van der Waals surface area contributed by atoms with Crippen LogP contribution in [0.5, 0.6) is 5.75 Å². The molecule has 84 valence electrons. The summed E-state index contributed by atoms with van der Waals surface area (Å²) in [7, 11) is 0. The third-order valence-electron chi connectivity index (χ3n) is 2.37. The molecule has 1 aromatic carbocycles. The molecule has 0 aliphatic carbocycles. The highest BCUT2D eigenvalue weighted by atomic mass is 79.9. The van der Waals surface area contributed by atoms with Crippen molar-refractivity contribution in [2.75, 3.05) is 0 Å². The van der Waals surface area contributed by atoms with Gasteiger partial charge in [0.1, 0.15) is 5.75 Å². The fourth-order valence-corrected chi connectivity index (χ4v) is 1.75. The summed E-state index contributed by atoms with van der Waals surface area (Å²) in [6, 6.07) is 8.02. The second-order valence-electron chi connectivity index (χ2n) is 3.88. The van der Waals surface area contributed by atoms with E-state index < -0.39 is 0 Å². The lowest BCUT2D eigenvalue weighted by Gasteiger charge is -2.14. The lowest BCUT2D eigenvalue weighted by molar-refractivity contribution is 0.206. The number of unbranched alkanes of at least 4 members (excludes halogenated alkanes) is 2. The molecule has 0 fully saturated rings. The van der Waals surface area contributed by atoms with Crippen LogP contribution in [0.25, 0.3) is 0 Å². The minimum atomic E-state index is 0.317. The van der Waals surface area contributed by atoms with Crippen molar-refractivity contribution in [3.63, 3.8) is 0 Å².